The molecule has 0 saturated carbocycles. The lowest BCUT2D eigenvalue weighted by atomic mass is 9.86. The highest BCUT2D eigenvalue weighted by atomic mass is 19.2. The van der Waals surface area contributed by atoms with Crippen LogP contribution in [-0.2, 0) is 4.74 Å². The van der Waals surface area contributed by atoms with Gasteiger partial charge >= 0.3 is 0 Å². The first-order valence-corrected chi connectivity index (χ1v) is 5.70. The van der Waals surface area contributed by atoms with Gasteiger partial charge in [-0.15, -0.1) is 0 Å². The van der Waals surface area contributed by atoms with E-state index in [1.165, 1.54) is 19.1 Å². The van der Waals surface area contributed by atoms with Crippen LogP contribution < -0.4 is 0 Å². The monoisotopic (exact) mass is 277 g/mol. The Hall–Kier alpha value is -1.18. The molecular weight excluding hydrogens is 266 g/mol. The lowest BCUT2D eigenvalue weighted by Crippen LogP contribution is -2.34. The molecule has 2 unspecified atom stereocenters. The Morgan fingerprint density at radius 1 is 0.947 bits per heavy atom. The Bertz CT molecular complexity index is 565. The molecular formula is C12H11F4NO2. The van der Waals surface area contributed by atoms with E-state index in [2.05, 4.69) is 0 Å². The normalized spacial score (nSPS) is 33.0. The van der Waals surface area contributed by atoms with Gasteiger partial charge in [-0.05, 0) is 7.05 Å². The number of aliphatic hydroxyl groups excluding tert-OH is 1. The van der Waals surface area contributed by atoms with E-state index in [1.807, 2.05) is 0 Å². The molecule has 1 fully saturated rings. The summed E-state index contributed by atoms with van der Waals surface area (Å²) in [7, 11) is 2.84. The number of benzene rings is 1. The molecule has 19 heavy (non-hydrogen) atoms. The number of hydrogen-bond acceptors (Lipinski definition) is 3. The average molecular weight is 277 g/mol. The maximum absolute atomic E-state index is 13.9. The van der Waals surface area contributed by atoms with Crippen LogP contribution in [0.2, 0.25) is 0 Å². The average Bonchev–Trinajstić information content (AvgIpc) is 2.81. The predicted molar refractivity (Wildman–Crippen MR) is 56.3 cm³/mol. The van der Waals surface area contributed by atoms with E-state index in [-0.39, 0.29) is 11.1 Å². The van der Waals surface area contributed by atoms with Crippen LogP contribution in [0.25, 0.3) is 0 Å². The van der Waals surface area contributed by atoms with Crippen LogP contribution in [0.1, 0.15) is 23.2 Å². The lowest BCUT2D eigenvalue weighted by Gasteiger charge is -2.27. The molecule has 3 rings (SSSR count). The number of ether oxygens (including phenoxy) is 1. The number of halogens is 4. The van der Waals surface area contributed by atoms with Gasteiger partial charge in [-0.25, -0.2) is 17.6 Å². The molecule has 2 aliphatic heterocycles. The molecule has 7 heteroatoms. The number of aliphatic hydroxyl groups is 1. The second-order valence-corrected chi connectivity index (χ2v) is 4.83. The summed E-state index contributed by atoms with van der Waals surface area (Å²) in [5, 5.41) is 10.00. The predicted octanol–water partition coefficient (Wildman–Crippen LogP) is 1.66. The quantitative estimate of drug-likeness (QED) is 0.481. The summed E-state index contributed by atoms with van der Waals surface area (Å²) in [4.78, 5) is 1.47. The van der Waals surface area contributed by atoms with Gasteiger partial charge in [0.05, 0.1) is 12.1 Å². The van der Waals surface area contributed by atoms with Gasteiger partial charge in [-0.1, -0.05) is 0 Å². The molecule has 0 radical (unpaired) electrons. The van der Waals surface area contributed by atoms with Gasteiger partial charge in [0.15, 0.2) is 23.3 Å². The molecule has 3 nitrogen and oxygen atoms in total. The summed E-state index contributed by atoms with van der Waals surface area (Å²) in [5.41, 5.74) is -0.578. The maximum atomic E-state index is 13.9. The fourth-order valence-corrected chi connectivity index (χ4v) is 3.27. The third kappa shape index (κ3) is 1.32. The minimum absolute atomic E-state index is 0.263. The molecule has 0 amide bonds. The highest BCUT2D eigenvalue weighted by Gasteiger charge is 2.58. The van der Waals surface area contributed by atoms with Crippen molar-refractivity contribution in [1.29, 1.82) is 0 Å². The highest BCUT2D eigenvalue weighted by Crippen LogP contribution is 2.55. The van der Waals surface area contributed by atoms with Crippen molar-refractivity contribution in [3.63, 3.8) is 0 Å². The van der Waals surface area contributed by atoms with E-state index >= 15 is 0 Å². The molecule has 0 aliphatic carbocycles. The van der Waals surface area contributed by atoms with Crippen molar-refractivity contribution in [3.05, 3.63) is 34.4 Å². The van der Waals surface area contributed by atoms with Crippen LogP contribution in [0.3, 0.4) is 0 Å². The van der Waals surface area contributed by atoms with E-state index in [4.69, 9.17) is 4.74 Å². The van der Waals surface area contributed by atoms with Crippen molar-refractivity contribution in [2.24, 2.45) is 0 Å². The summed E-state index contributed by atoms with van der Waals surface area (Å²) in [5.74, 6) is -6.54. The Morgan fingerprint density at radius 2 is 1.42 bits per heavy atom. The van der Waals surface area contributed by atoms with Crippen LogP contribution in [0, 0.1) is 23.3 Å². The third-order valence-corrected chi connectivity index (χ3v) is 4.05. The summed E-state index contributed by atoms with van der Waals surface area (Å²) < 4.78 is 59.3. The van der Waals surface area contributed by atoms with E-state index < -0.39 is 47.6 Å². The molecule has 1 N–H and O–H groups in total. The van der Waals surface area contributed by atoms with Gasteiger partial charge in [-0.2, -0.15) is 0 Å². The van der Waals surface area contributed by atoms with Crippen LogP contribution in [0.4, 0.5) is 17.6 Å². The fourth-order valence-electron chi connectivity index (χ4n) is 3.27. The SMILES string of the molecule is CO[C@H]1C(O)C2c3c(F)c(F)c(F)c(F)c3[C@@H]1N2C. The Morgan fingerprint density at radius 3 is 1.89 bits per heavy atom. The van der Waals surface area contributed by atoms with E-state index in [0.717, 1.165) is 0 Å². The number of fused-ring (bicyclic) bond motifs is 5. The second kappa shape index (κ2) is 3.91. The van der Waals surface area contributed by atoms with Gasteiger partial charge in [0.1, 0.15) is 12.2 Å². The molecule has 2 bridgehead atoms. The minimum Gasteiger partial charge on any atom is -0.388 e. The standard InChI is InChI=1S/C12H11F4NO2/c1-17-9-3-4(10(17)12(19-2)11(9)18)6(14)8(16)7(15)5(3)13/h9-12,18H,1-2H3/t9?,10-,11?,12+/m0/s1. The summed E-state index contributed by atoms with van der Waals surface area (Å²) in [6, 6.07) is -1.76. The smallest absolute Gasteiger partial charge is 0.197 e. The zero-order valence-corrected chi connectivity index (χ0v) is 10.1. The number of rotatable bonds is 1. The van der Waals surface area contributed by atoms with Crippen LogP contribution in [0.15, 0.2) is 0 Å². The molecule has 2 aliphatic rings. The van der Waals surface area contributed by atoms with Gasteiger partial charge < -0.3 is 9.84 Å². The van der Waals surface area contributed by atoms with E-state index in [0.29, 0.717) is 0 Å². The Kier molecular flexibility index (Phi) is 2.64. The summed E-state index contributed by atoms with van der Waals surface area (Å²) >= 11 is 0. The van der Waals surface area contributed by atoms with Gasteiger partial charge in [-0.3, -0.25) is 4.90 Å². The largest absolute Gasteiger partial charge is 0.388 e. The molecule has 104 valence electrons. The molecule has 4 atom stereocenters. The van der Waals surface area contributed by atoms with Gasteiger partial charge in [0, 0.05) is 18.2 Å². The Labute approximate surface area is 106 Å². The van der Waals surface area contributed by atoms with Crippen LogP contribution in [-0.4, -0.2) is 36.4 Å². The number of likely N-dealkylation sites (N-methyl/N-ethyl adjacent to an activating group) is 1. The third-order valence-electron chi connectivity index (χ3n) is 4.05. The summed E-state index contributed by atoms with van der Waals surface area (Å²) in [6.07, 6.45) is -1.92. The number of methoxy groups -OCH3 is 1. The molecule has 0 spiro atoms. The van der Waals surface area contributed by atoms with Crippen molar-refractivity contribution in [2.45, 2.75) is 24.3 Å². The van der Waals surface area contributed by atoms with E-state index in [1.54, 1.807) is 0 Å². The zero-order chi connectivity index (χ0) is 14.1. The van der Waals surface area contributed by atoms with Crippen molar-refractivity contribution in [2.75, 3.05) is 14.2 Å². The van der Waals surface area contributed by atoms with Crippen LogP contribution >= 0.6 is 0 Å². The first kappa shape index (κ1) is 12.8. The van der Waals surface area contributed by atoms with Gasteiger partial charge in [0.25, 0.3) is 0 Å². The molecule has 1 aromatic carbocycles. The fraction of sp³-hybridized carbons (Fsp3) is 0.500. The van der Waals surface area contributed by atoms with Gasteiger partial charge in [0.2, 0.25) is 0 Å². The first-order chi connectivity index (χ1) is 8.91. The van der Waals surface area contributed by atoms with Crippen molar-refractivity contribution < 1.29 is 27.4 Å². The Balaban J connectivity index is 2.30. The summed E-state index contributed by atoms with van der Waals surface area (Å²) in [6.45, 7) is 0. The number of hydrogen-bond donors (Lipinski definition) is 1. The van der Waals surface area contributed by atoms with E-state index in [9.17, 15) is 22.7 Å². The molecule has 1 aromatic rings. The lowest BCUT2D eigenvalue weighted by molar-refractivity contribution is -0.0113. The molecule has 2 heterocycles. The van der Waals surface area contributed by atoms with Crippen molar-refractivity contribution >= 4 is 0 Å². The minimum atomic E-state index is -1.85. The van der Waals surface area contributed by atoms with Crippen molar-refractivity contribution in [1.82, 2.24) is 4.90 Å². The maximum Gasteiger partial charge on any atom is 0.197 e. The molecule has 0 aromatic heterocycles. The topological polar surface area (TPSA) is 32.7 Å². The first-order valence-electron chi connectivity index (χ1n) is 5.70. The number of nitrogens with zero attached hydrogens (tertiary/aromatic N) is 1. The van der Waals surface area contributed by atoms with Crippen LogP contribution in [0.5, 0.6) is 0 Å². The van der Waals surface area contributed by atoms with Crippen molar-refractivity contribution in [3.8, 4) is 0 Å². The highest BCUT2D eigenvalue weighted by molar-refractivity contribution is 5.46. The second-order valence-electron chi connectivity index (χ2n) is 4.83. The molecule has 1 saturated heterocycles. The zero-order valence-electron chi connectivity index (χ0n) is 10.1.